The average molecular weight is 352 g/mol. The quantitative estimate of drug-likeness (QED) is 0.665. The van der Waals surface area contributed by atoms with Crippen LogP contribution in [0, 0.1) is 13.8 Å². The molecule has 0 atom stereocenters. The van der Waals surface area contributed by atoms with Crippen LogP contribution in [0.1, 0.15) is 11.1 Å². The summed E-state index contributed by atoms with van der Waals surface area (Å²) in [6.07, 6.45) is 1.50. The van der Waals surface area contributed by atoms with E-state index in [9.17, 15) is 4.79 Å². The van der Waals surface area contributed by atoms with Crippen molar-refractivity contribution in [2.24, 2.45) is 0 Å². The summed E-state index contributed by atoms with van der Waals surface area (Å²) in [5, 5.41) is 16.7. The first-order valence-corrected chi connectivity index (χ1v) is 8.20. The van der Waals surface area contributed by atoms with Gasteiger partial charge in [-0.05, 0) is 59.7 Å². The summed E-state index contributed by atoms with van der Waals surface area (Å²) in [6.45, 7) is 4.70. The van der Waals surface area contributed by atoms with Crippen LogP contribution < -0.4 is 15.4 Å². The number of nitrogens with one attached hydrogen (secondary N) is 2. The van der Waals surface area contributed by atoms with Crippen LogP contribution in [0.2, 0.25) is 0 Å². The normalized spacial score (nSPS) is 10.4. The van der Waals surface area contributed by atoms with Crippen LogP contribution in [0.15, 0.2) is 48.8 Å². The molecule has 1 aromatic heterocycles. The minimum absolute atomic E-state index is 0.296. The number of urea groups is 1. The van der Waals surface area contributed by atoms with Crippen LogP contribution in [0.3, 0.4) is 0 Å². The van der Waals surface area contributed by atoms with E-state index < -0.39 is 0 Å². The van der Waals surface area contributed by atoms with Gasteiger partial charge in [0.25, 0.3) is 0 Å². The predicted molar refractivity (Wildman–Crippen MR) is 97.6 cm³/mol. The number of anilines is 1. The van der Waals surface area contributed by atoms with Crippen LogP contribution in [-0.2, 0) is 0 Å². The van der Waals surface area contributed by atoms with Gasteiger partial charge in [-0.3, -0.25) is 0 Å². The highest BCUT2D eigenvalue weighted by Gasteiger charge is 2.07. The smallest absolute Gasteiger partial charge is 0.319 e. The van der Waals surface area contributed by atoms with Gasteiger partial charge < -0.3 is 15.4 Å². The van der Waals surface area contributed by atoms with Gasteiger partial charge in [0.15, 0.2) is 0 Å². The number of aromatic nitrogens is 4. The third-order valence-corrected chi connectivity index (χ3v) is 3.73. The monoisotopic (exact) mass is 352 g/mol. The number of benzene rings is 2. The van der Waals surface area contributed by atoms with E-state index in [0.29, 0.717) is 18.8 Å². The molecule has 3 rings (SSSR count). The molecule has 3 aromatic rings. The summed E-state index contributed by atoms with van der Waals surface area (Å²) in [5.41, 5.74) is 3.52. The predicted octanol–water partition coefficient (Wildman–Crippen LogP) is 2.48. The first kappa shape index (κ1) is 17.4. The summed E-state index contributed by atoms with van der Waals surface area (Å²) in [5.74, 6) is 0.789. The van der Waals surface area contributed by atoms with E-state index in [1.54, 1.807) is 0 Å². The number of tetrazole rings is 1. The van der Waals surface area contributed by atoms with Crippen LogP contribution >= 0.6 is 0 Å². The molecule has 0 spiro atoms. The standard InChI is InChI=1S/C18H20N6O2/c1-13-4-3-5-16(10-13)26-9-8-19-18(25)21-17-11-15(7-6-14(17)2)24-12-20-22-23-24/h3-7,10-12H,8-9H2,1-2H3,(H2,19,21,25). The molecule has 0 radical (unpaired) electrons. The van der Waals surface area contributed by atoms with Crippen LogP contribution in [0.4, 0.5) is 10.5 Å². The van der Waals surface area contributed by atoms with E-state index >= 15 is 0 Å². The zero-order valence-electron chi connectivity index (χ0n) is 14.6. The van der Waals surface area contributed by atoms with Crippen molar-refractivity contribution in [3.05, 3.63) is 59.9 Å². The van der Waals surface area contributed by atoms with Gasteiger partial charge in [0.1, 0.15) is 18.7 Å². The van der Waals surface area contributed by atoms with Gasteiger partial charge in [-0.2, -0.15) is 0 Å². The minimum atomic E-state index is -0.296. The summed E-state index contributed by atoms with van der Waals surface area (Å²) in [7, 11) is 0. The maximum atomic E-state index is 12.1. The largest absolute Gasteiger partial charge is 0.492 e. The highest BCUT2D eigenvalue weighted by atomic mass is 16.5. The molecule has 8 heteroatoms. The Morgan fingerprint density at radius 3 is 2.85 bits per heavy atom. The Bertz CT molecular complexity index is 879. The summed E-state index contributed by atoms with van der Waals surface area (Å²) >= 11 is 0. The van der Waals surface area contributed by atoms with Gasteiger partial charge in [-0.1, -0.05) is 18.2 Å². The fraction of sp³-hybridized carbons (Fsp3) is 0.222. The molecule has 0 saturated heterocycles. The molecule has 2 N–H and O–H groups in total. The van der Waals surface area contributed by atoms with Gasteiger partial charge >= 0.3 is 6.03 Å². The summed E-state index contributed by atoms with van der Waals surface area (Å²) in [6, 6.07) is 13.1. The van der Waals surface area contributed by atoms with Crippen molar-refractivity contribution >= 4 is 11.7 Å². The number of carbonyl (C=O) groups excluding carboxylic acids is 1. The number of carbonyl (C=O) groups is 1. The maximum absolute atomic E-state index is 12.1. The maximum Gasteiger partial charge on any atom is 0.319 e. The first-order chi connectivity index (χ1) is 12.6. The molecule has 0 fully saturated rings. The number of hydrogen-bond donors (Lipinski definition) is 2. The molecule has 8 nitrogen and oxygen atoms in total. The Morgan fingerprint density at radius 2 is 2.08 bits per heavy atom. The lowest BCUT2D eigenvalue weighted by molar-refractivity contribution is 0.247. The SMILES string of the molecule is Cc1cccc(OCCNC(=O)Nc2cc(-n3cnnn3)ccc2C)c1. The van der Waals surface area contributed by atoms with E-state index in [-0.39, 0.29) is 6.03 Å². The molecular weight excluding hydrogens is 332 g/mol. The van der Waals surface area contributed by atoms with Crippen LogP contribution in [0.5, 0.6) is 5.75 Å². The van der Waals surface area contributed by atoms with Gasteiger partial charge in [-0.25, -0.2) is 9.48 Å². The topological polar surface area (TPSA) is 94.0 Å². The van der Waals surface area contributed by atoms with Crippen LogP contribution in [0.25, 0.3) is 5.69 Å². The number of nitrogens with zero attached hydrogens (tertiary/aromatic N) is 4. The third kappa shape index (κ3) is 4.56. The fourth-order valence-electron chi connectivity index (χ4n) is 2.37. The molecule has 0 bridgehead atoms. The average Bonchev–Trinajstić information content (AvgIpc) is 3.15. The Labute approximate surface area is 151 Å². The number of ether oxygens (including phenoxy) is 1. The Kier molecular flexibility index (Phi) is 5.43. The van der Waals surface area contributed by atoms with Crippen molar-refractivity contribution in [3.8, 4) is 11.4 Å². The van der Waals surface area contributed by atoms with Crippen molar-refractivity contribution < 1.29 is 9.53 Å². The molecule has 0 unspecified atom stereocenters. The van der Waals surface area contributed by atoms with E-state index in [0.717, 1.165) is 22.6 Å². The van der Waals surface area contributed by atoms with Gasteiger partial charge in [-0.15, -0.1) is 5.10 Å². The van der Waals surface area contributed by atoms with Gasteiger partial charge in [0, 0.05) is 5.69 Å². The number of rotatable bonds is 6. The second kappa shape index (κ2) is 8.11. The zero-order valence-corrected chi connectivity index (χ0v) is 14.6. The van der Waals surface area contributed by atoms with Crippen molar-refractivity contribution in [2.45, 2.75) is 13.8 Å². The highest BCUT2D eigenvalue weighted by molar-refractivity contribution is 5.90. The highest BCUT2D eigenvalue weighted by Crippen LogP contribution is 2.18. The molecular formula is C18H20N6O2. The second-order valence-corrected chi connectivity index (χ2v) is 5.80. The lowest BCUT2D eigenvalue weighted by Crippen LogP contribution is -2.32. The molecule has 0 aliphatic heterocycles. The molecule has 0 saturated carbocycles. The van der Waals surface area contributed by atoms with Crippen molar-refractivity contribution in [1.82, 2.24) is 25.5 Å². The molecule has 1 heterocycles. The summed E-state index contributed by atoms with van der Waals surface area (Å²) < 4.78 is 7.14. The lowest BCUT2D eigenvalue weighted by Gasteiger charge is -2.12. The Morgan fingerprint density at radius 1 is 1.19 bits per heavy atom. The Balaban J connectivity index is 1.51. The zero-order chi connectivity index (χ0) is 18.4. The third-order valence-electron chi connectivity index (χ3n) is 3.73. The molecule has 0 aliphatic rings. The molecule has 2 amide bonds. The molecule has 2 aromatic carbocycles. The summed E-state index contributed by atoms with van der Waals surface area (Å²) in [4.78, 5) is 12.1. The van der Waals surface area contributed by atoms with E-state index in [1.165, 1.54) is 11.0 Å². The lowest BCUT2D eigenvalue weighted by atomic mass is 10.2. The van der Waals surface area contributed by atoms with Crippen LogP contribution in [-0.4, -0.2) is 39.4 Å². The number of amides is 2. The van der Waals surface area contributed by atoms with Gasteiger partial charge in [0.05, 0.1) is 12.2 Å². The molecule has 0 aliphatic carbocycles. The fourth-order valence-corrected chi connectivity index (χ4v) is 2.37. The Hall–Kier alpha value is -3.42. The van der Waals surface area contributed by atoms with Crippen molar-refractivity contribution in [3.63, 3.8) is 0 Å². The number of aryl methyl sites for hydroxylation is 2. The van der Waals surface area contributed by atoms with E-state index in [4.69, 9.17) is 4.74 Å². The van der Waals surface area contributed by atoms with Gasteiger partial charge in [0.2, 0.25) is 0 Å². The van der Waals surface area contributed by atoms with Crippen molar-refractivity contribution in [2.75, 3.05) is 18.5 Å². The minimum Gasteiger partial charge on any atom is -0.492 e. The van der Waals surface area contributed by atoms with Crippen molar-refractivity contribution in [1.29, 1.82) is 0 Å². The second-order valence-electron chi connectivity index (χ2n) is 5.80. The molecule has 134 valence electrons. The van der Waals surface area contributed by atoms with E-state index in [1.807, 2.05) is 56.3 Å². The van der Waals surface area contributed by atoms with E-state index in [2.05, 4.69) is 26.2 Å². The number of hydrogen-bond acceptors (Lipinski definition) is 5. The molecule has 26 heavy (non-hydrogen) atoms. The first-order valence-electron chi connectivity index (χ1n) is 8.20.